The summed E-state index contributed by atoms with van der Waals surface area (Å²) in [4.78, 5) is 12.3. The molecule has 24 heavy (non-hydrogen) atoms. The second kappa shape index (κ2) is 7.46. The number of rotatable bonds is 6. The lowest BCUT2D eigenvalue weighted by molar-refractivity contribution is -0.119. The number of carbonyl (C=O) groups excluding carboxylic acids is 1. The number of amides is 1. The van der Waals surface area contributed by atoms with Gasteiger partial charge in [-0.1, -0.05) is 43.9 Å². The molecule has 3 aliphatic rings. The van der Waals surface area contributed by atoms with E-state index in [2.05, 4.69) is 20.1 Å². The highest BCUT2D eigenvalue weighted by Crippen LogP contribution is 2.45. The van der Waals surface area contributed by atoms with Gasteiger partial charge in [0, 0.05) is 18.0 Å². The molecule has 1 aromatic heterocycles. The molecule has 0 aliphatic heterocycles. The Bertz CT molecular complexity index is 572. The molecule has 0 unspecified atom stereocenters. The molecule has 0 radical (unpaired) electrons. The molecule has 0 aromatic carbocycles. The van der Waals surface area contributed by atoms with Crippen molar-refractivity contribution >= 4 is 17.7 Å². The fraction of sp³-hybridized carbons (Fsp3) is 0.833. The molecule has 4 rings (SSSR count). The van der Waals surface area contributed by atoms with E-state index in [-0.39, 0.29) is 5.91 Å². The molecule has 0 spiro atoms. The Morgan fingerprint density at radius 3 is 2.38 bits per heavy atom. The molecule has 1 aromatic rings. The summed E-state index contributed by atoms with van der Waals surface area (Å²) in [6.07, 6.45) is 13.7. The van der Waals surface area contributed by atoms with Gasteiger partial charge in [-0.3, -0.25) is 4.79 Å². The van der Waals surface area contributed by atoms with Gasteiger partial charge in [-0.05, 0) is 38.5 Å². The van der Waals surface area contributed by atoms with Gasteiger partial charge in [0.25, 0.3) is 0 Å². The van der Waals surface area contributed by atoms with Crippen molar-refractivity contribution in [3.63, 3.8) is 0 Å². The van der Waals surface area contributed by atoms with E-state index in [4.69, 9.17) is 0 Å². The van der Waals surface area contributed by atoms with E-state index in [1.165, 1.54) is 63.6 Å². The van der Waals surface area contributed by atoms with Crippen molar-refractivity contribution in [1.82, 2.24) is 20.1 Å². The lowest BCUT2D eigenvalue weighted by Crippen LogP contribution is -2.36. The molecule has 3 aliphatic carbocycles. The quantitative estimate of drug-likeness (QED) is 0.794. The maximum Gasteiger partial charge on any atom is 0.230 e. The molecule has 0 atom stereocenters. The van der Waals surface area contributed by atoms with Crippen LogP contribution < -0.4 is 5.32 Å². The van der Waals surface area contributed by atoms with Crippen LogP contribution in [0.3, 0.4) is 0 Å². The normalized spacial score (nSPS) is 22.8. The topological polar surface area (TPSA) is 59.8 Å². The third-order valence-electron chi connectivity index (χ3n) is 5.35. The monoisotopic (exact) mass is 348 g/mol. The summed E-state index contributed by atoms with van der Waals surface area (Å²) in [5, 5.41) is 13.0. The Hall–Kier alpha value is -1.04. The van der Waals surface area contributed by atoms with Crippen molar-refractivity contribution in [2.45, 2.75) is 93.8 Å². The third kappa shape index (κ3) is 4.13. The summed E-state index contributed by atoms with van der Waals surface area (Å²) >= 11 is 1.56. The average Bonchev–Trinajstić information content (AvgIpc) is 3.46. The summed E-state index contributed by atoms with van der Waals surface area (Å²) in [6.45, 7) is 0. The molecule has 3 saturated carbocycles. The van der Waals surface area contributed by atoms with Gasteiger partial charge in [0.15, 0.2) is 5.16 Å². The number of nitrogens with zero attached hydrogens (tertiary/aromatic N) is 3. The minimum atomic E-state index is 0.156. The molecule has 6 heteroatoms. The number of aromatic nitrogens is 3. The first-order valence-electron chi connectivity index (χ1n) is 9.68. The fourth-order valence-corrected chi connectivity index (χ4v) is 4.51. The van der Waals surface area contributed by atoms with Crippen LogP contribution in [0.5, 0.6) is 0 Å². The third-order valence-corrected chi connectivity index (χ3v) is 6.29. The van der Waals surface area contributed by atoms with E-state index in [0.717, 1.165) is 18.0 Å². The van der Waals surface area contributed by atoms with Crippen LogP contribution in [-0.2, 0) is 4.79 Å². The van der Waals surface area contributed by atoms with Crippen LogP contribution in [0, 0.1) is 0 Å². The van der Waals surface area contributed by atoms with Crippen LogP contribution in [0.15, 0.2) is 5.16 Å². The van der Waals surface area contributed by atoms with Crippen LogP contribution in [0.4, 0.5) is 0 Å². The fourth-order valence-electron chi connectivity index (χ4n) is 3.68. The number of hydrogen-bond donors (Lipinski definition) is 1. The summed E-state index contributed by atoms with van der Waals surface area (Å²) in [5.74, 6) is 2.41. The van der Waals surface area contributed by atoms with Crippen LogP contribution in [0.1, 0.15) is 88.4 Å². The summed E-state index contributed by atoms with van der Waals surface area (Å²) in [5.41, 5.74) is 0. The molecule has 1 N–H and O–H groups in total. The van der Waals surface area contributed by atoms with Crippen molar-refractivity contribution in [2.75, 3.05) is 5.75 Å². The van der Waals surface area contributed by atoms with E-state index in [0.29, 0.717) is 23.8 Å². The Morgan fingerprint density at radius 1 is 1.00 bits per heavy atom. The van der Waals surface area contributed by atoms with Crippen LogP contribution >= 0.6 is 11.8 Å². The van der Waals surface area contributed by atoms with Gasteiger partial charge < -0.3 is 9.88 Å². The zero-order chi connectivity index (χ0) is 16.4. The van der Waals surface area contributed by atoms with Crippen molar-refractivity contribution in [2.24, 2.45) is 0 Å². The van der Waals surface area contributed by atoms with E-state index in [1.807, 2.05) is 0 Å². The van der Waals surface area contributed by atoms with E-state index in [1.54, 1.807) is 11.8 Å². The highest BCUT2D eigenvalue weighted by Gasteiger charge is 2.36. The first-order valence-corrected chi connectivity index (χ1v) is 10.7. The molecule has 5 nitrogen and oxygen atoms in total. The summed E-state index contributed by atoms with van der Waals surface area (Å²) in [6, 6.07) is 0.966. The minimum Gasteiger partial charge on any atom is -0.353 e. The highest BCUT2D eigenvalue weighted by molar-refractivity contribution is 7.99. The Morgan fingerprint density at radius 2 is 1.71 bits per heavy atom. The Labute approximate surface area is 148 Å². The van der Waals surface area contributed by atoms with Crippen LogP contribution in [-0.4, -0.2) is 32.5 Å². The van der Waals surface area contributed by atoms with Gasteiger partial charge in [0.05, 0.1) is 5.75 Å². The highest BCUT2D eigenvalue weighted by atomic mass is 32.2. The van der Waals surface area contributed by atoms with Gasteiger partial charge in [0.1, 0.15) is 5.82 Å². The number of hydrogen-bond acceptors (Lipinski definition) is 4. The summed E-state index contributed by atoms with van der Waals surface area (Å²) in [7, 11) is 0. The zero-order valence-corrected chi connectivity index (χ0v) is 15.2. The van der Waals surface area contributed by atoms with Crippen LogP contribution in [0.25, 0.3) is 0 Å². The SMILES string of the molecule is O=C(CSc1nnc(C2CC2)n1C1CC1)NC1CCCCCCC1. The van der Waals surface area contributed by atoms with E-state index in [9.17, 15) is 4.79 Å². The lowest BCUT2D eigenvalue weighted by atomic mass is 9.97. The predicted molar refractivity (Wildman–Crippen MR) is 95.2 cm³/mol. The molecule has 0 bridgehead atoms. The molecule has 132 valence electrons. The maximum atomic E-state index is 12.3. The number of thioether (sulfide) groups is 1. The Kier molecular flexibility index (Phi) is 5.11. The molecular formula is C18H28N4OS. The summed E-state index contributed by atoms with van der Waals surface area (Å²) < 4.78 is 2.32. The molecule has 1 amide bonds. The first-order chi connectivity index (χ1) is 11.8. The average molecular weight is 349 g/mol. The van der Waals surface area contributed by atoms with E-state index >= 15 is 0 Å². The minimum absolute atomic E-state index is 0.156. The van der Waals surface area contributed by atoms with Crippen LogP contribution in [0.2, 0.25) is 0 Å². The van der Waals surface area contributed by atoms with Crippen molar-refractivity contribution < 1.29 is 4.79 Å². The second-order valence-electron chi connectivity index (χ2n) is 7.61. The Balaban J connectivity index is 1.30. The molecule has 1 heterocycles. The number of nitrogens with one attached hydrogen (secondary N) is 1. The lowest BCUT2D eigenvalue weighted by Gasteiger charge is -2.20. The van der Waals surface area contributed by atoms with Crippen molar-refractivity contribution in [3.8, 4) is 0 Å². The standard InChI is InChI=1S/C18H28N4OS/c23-16(19-14-6-4-2-1-3-5-7-14)12-24-18-21-20-17(13-8-9-13)22(18)15-10-11-15/h13-15H,1-12H2,(H,19,23). The van der Waals surface area contributed by atoms with Gasteiger partial charge in [-0.15, -0.1) is 10.2 Å². The smallest absolute Gasteiger partial charge is 0.230 e. The predicted octanol–water partition coefficient (Wildman–Crippen LogP) is 3.81. The molecule has 0 saturated heterocycles. The molecular weight excluding hydrogens is 320 g/mol. The zero-order valence-electron chi connectivity index (χ0n) is 14.4. The number of carbonyl (C=O) groups is 1. The van der Waals surface area contributed by atoms with Crippen molar-refractivity contribution in [1.29, 1.82) is 0 Å². The first kappa shape index (κ1) is 16.4. The van der Waals surface area contributed by atoms with E-state index < -0.39 is 0 Å². The van der Waals surface area contributed by atoms with Gasteiger partial charge in [-0.25, -0.2) is 0 Å². The van der Waals surface area contributed by atoms with Gasteiger partial charge in [-0.2, -0.15) is 0 Å². The van der Waals surface area contributed by atoms with Gasteiger partial charge in [0.2, 0.25) is 5.91 Å². The second-order valence-corrected chi connectivity index (χ2v) is 8.56. The largest absolute Gasteiger partial charge is 0.353 e. The van der Waals surface area contributed by atoms with Gasteiger partial charge >= 0.3 is 0 Å². The molecule has 3 fully saturated rings. The maximum absolute atomic E-state index is 12.3. The van der Waals surface area contributed by atoms with Crippen molar-refractivity contribution in [3.05, 3.63) is 5.82 Å².